The van der Waals surface area contributed by atoms with Crippen molar-refractivity contribution in [3.05, 3.63) is 35.9 Å². The first kappa shape index (κ1) is 17.2. The number of nitrogens with one attached hydrogen (secondary N) is 1. The molecule has 1 rings (SSSR count). The summed E-state index contributed by atoms with van der Waals surface area (Å²) in [6, 6.07) is 11.8. The van der Waals surface area contributed by atoms with E-state index in [1.165, 1.54) is 37.8 Å². The van der Waals surface area contributed by atoms with Crippen molar-refractivity contribution in [2.24, 2.45) is 0 Å². The molecule has 0 bridgehead atoms. The van der Waals surface area contributed by atoms with Gasteiger partial charge in [-0.05, 0) is 45.5 Å². The highest BCUT2D eigenvalue weighted by Crippen LogP contribution is 2.20. The second kappa shape index (κ2) is 9.95. The molecule has 2 nitrogen and oxygen atoms in total. The van der Waals surface area contributed by atoms with Crippen LogP contribution in [-0.4, -0.2) is 31.1 Å². The average Bonchev–Trinajstić information content (AvgIpc) is 2.48. The molecule has 1 aromatic carbocycles. The van der Waals surface area contributed by atoms with Crippen LogP contribution >= 0.6 is 0 Å². The molecule has 0 radical (unpaired) electrons. The van der Waals surface area contributed by atoms with E-state index in [2.05, 4.69) is 68.4 Å². The van der Waals surface area contributed by atoms with Crippen LogP contribution in [0.15, 0.2) is 30.3 Å². The molecule has 0 saturated carbocycles. The summed E-state index contributed by atoms with van der Waals surface area (Å²) in [4.78, 5) is 2.50. The fourth-order valence-corrected chi connectivity index (χ4v) is 2.60. The Morgan fingerprint density at radius 2 is 1.75 bits per heavy atom. The van der Waals surface area contributed by atoms with Crippen molar-refractivity contribution in [3.63, 3.8) is 0 Å². The van der Waals surface area contributed by atoms with Gasteiger partial charge >= 0.3 is 0 Å². The van der Waals surface area contributed by atoms with Gasteiger partial charge in [-0.2, -0.15) is 0 Å². The van der Waals surface area contributed by atoms with Crippen molar-refractivity contribution in [3.8, 4) is 0 Å². The van der Waals surface area contributed by atoms with Crippen LogP contribution in [0.4, 0.5) is 0 Å². The van der Waals surface area contributed by atoms with E-state index in [1.807, 2.05) is 0 Å². The summed E-state index contributed by atoms with van der Waals surface area (Å²) in [5.41, 5.74) is 1.40. The molecule has 0 fully saturated rings. The second-order valence-corrected chi connectivity index (χ2v) is 5.77. The zero-order valence-corrected chi connectivity index (χ0v) is 13.7. The maximum Gasteiger partial charge on any atom is 0.0475 e. The van der Waals surface area contributed by atoms with Gasteiger partial charge in [-0.15, -0.1) is 0 Å². The number of rotatable bonds is 10. The van der Waals surface area contributed by atoms with Crippen LogP contribution in [0.3, 0.4) is 0 Å². The van der Waals surface area contributed by atoms with Gasteiger partial charge in [-0.25, -0.2) is 0 Å². The first-order valence-electron chi connectivity index (χ1n) is 8.19. The number of benzene rings is 1. The molecule has 20 heavy (non-hydrogen) atoms. The van der Waals surface area contributed by atoms with Gasteiger partial charge in [0.15, 0.2) is 0 Å². The maximum atomic E-state index is 3.72. The predicted molar refractivity (Wildman–Crippen MR) is 89.1 cm³/mol. The van der Waals surface area contributed by atoms with E-state index in [4.69, 9.17) is 0 Å². The van der Waals surface area contributed by atoms with Crippen molar-refractivity contribution < 1.29 is 0 Å². The van der Waals surface area contributed by atoms with E-state index in [-0.39, 0.29) is 0 Å². The highest BCUT2D eigenvalue weighted by molar-refractivity contribution is 5.20. The molecule has 2 unspecified atom stereocenters. The summed E-state index contributed by atoms with van der Waals surface area (Å²) in [7, 11) is 2.25. The summed E-state index contributed by atoms with van der Waals surface area (Å²) in [5, 5.41) is 3.72. The van der Waals surface area contributed by atoms with E-state index in [9.17, 15) is 0 Å². The van der Waals surface area contributed by atoms with Gasteiger partial charge in [0.2, 0.25) is 0 Å². The Balaban J connectivity index is 2.66. The van der Waals surface area contributed by atoms with Crippen molar-refractivity contribution in [2.45, 2.75) is 58.5 Å². The van der Waals surface area contributed by atoms with Crippen molar-refractivity contribution in [2.75, 3.05) is 20.1 Å². The molecule has 0 heterocycles. The molecule has 2 atom stereocenters. The third-order valence-corrected chi connectivity index (χ3v) is 4.06. The van der Waals surface area contributed by atoms with Gasteiger partial charge in [0.1, 0.15) is 0 Å². The molecule has 1 aromatic rings. The summed E-state index contributed by atoms with van der Waals surface area (Å²) in [6.07, 6.45) is 5.09. The Labute approximate surface area is 125 Å². The number of nitrogens with zero attached hydrogens (tertiary/aromatic N) is 1. The lowest BCUT2D eigenvalue weighted by Crippen LogP contribution is -2.41. The van der Waals surface area contributed by atoms with Crippen LogP contribution < -0.4 is 5.32 Å². The molecular weight excluding hydrogens is 244 g/mol. The molecule has 0 aliphatic rings. The number of hydrogen-bond donors (Lipinski definition) is 1. The quantitative estimate of drug-likeness (QED) is 0.643. The van der Waals surface area contributed by atoms with Crippen LogP contribution in [0.25, 0.3) is 0 Å². The minimum absolute atomic E-state index is 0.419. The van der Waals surface area contributed by atoms with Crippen LogP contribution in [0, 0.1) is 0 Å². The standard InChI is InChI=1S/C18H32N2/c1-5-7-11-15-20(4)16(3)18(19-14-6-2)17-12-9-8-10-13-17/h8-10,12-13,16,18-19H,5-7,11,14-15H2,1-4H3. The SMILES string of the molecule is CCCCCN(C)C(C)C(NCCC)c1ccccc1. The van der Waals surface area contributed by atoms with E-state index >= 15 is 0 Å². The normalized spacial score (nSPS) is 14.4. The summed E-state index contributed by atoms with van der Waals surface area (Å²) in [6.45, 7) is 9.09. The fraction of sp³-hybridized carbons (Fsp3) is 0.667. The zero-order valence-electron chi connectivity index (χ0n) is 13.7. The maximum absolute atomic E-state index is 3.72. The second-order valence-electron chi connectivity index (χ2n) is 5.77. The largest absolute Gasteiger partial charge is 0.309 e. The average molecular weight is 276 g/mol. The van der Waals surface area contributed by atoms with Gasteiger partial charge in [0.05, 0.1) is 0 Å². The first-order chi connectivity index (χ1) is 9.70. The predicted octanol–water partition coefficient (Wildman–Crippen LogP) is 4.24. The van der Waals surface area contributed by atoms with Gasteiger partial charge in [0.25, 0.3) is 0 Å². The Bertz CT molecular complexity index is 337. The topological polar surface area (TPSA) is 15.3 Å². The lowest BCUT2D eigenvalue weighted by molar-refractivity contribution is 0.203. The third-order valence-electron chi connectivity index (χ3n) is 4.06. The van der Waals surface area contributed by atoms with Crippen LogP contribution in [-0.2, 0) is 0 Å². The van der Waals surface area contributed by atoms with Crippen molar-refractivity contribution >= 4 is 0 Å². The zero-order chi connectivity index (χ0) is 14.8. The number of likely N-dealkylation sites (N-methyl/N-ethyl adjacent to an activating group) is 1. The highest BCUT2D eigenvalue weighted by atomic mass is 15.2. The molecule has 0 amide bonds. The smallest absolute Gasteiger partial charge is 0.0475 e. The fourth-order valence-electron chi connectivity index (χ4n) is 2.60. The van der Waals surface area contributed by atoms with E-state index in [0.29, 0.717) is 12.1 Å². The van der Waals surface area contributed by atoms with Gasteiger partial charge < -0.3 is 10.2 Å². The highest BCUT2D eigenvalue weighted by Gasteiger charge is 2.21. The van der Waals surface area contributed by atoms with Crippen LogP contribution in [0.5, 0.6) is 0 Å². The summed E-state index contributed by atoms with van der Waals surface area (Å²) in [5.74, 6) is 0. The molecule has 0 spiro atoms. The molecule has 114 valence electrons. The van der Waals surface area contributed by atoms with E-state index in [0.717, 1.165) is 6.54 Å². The Morgan fingerprint density at radius 3 is 2.35 bits per heavy atom. The number of unbranched alkanes of at least 4 members (excludes halogenated alkanes) is 2. The molecule has 0 aliphatic carbocycles. The van der Waals surface area contributed by atoms with E-state index in [1.54, 1.807) is 0 Å². The molecule has 0 aromatic heterocycles. The minimum atomic E-state index is 0.419. The lowest BCUT2D eigenvalue weighted by Gasteiger charge is -2.33. The molecular formula is C18H32N2. The summed E-state index contributed by atoms with van der Waals surface area (Å²) < 4.78 is 0. The molecule has 0 saturated heterocycles. The minimum Gasteiger partial charge on any atom is -0.309 e. The van der Waals surface area contributed by atoms with Crippen LogP contribution in [0.2, 0.25) is 0 Å². The van der Waals surface area contributed by atoms with Crippen LogP contribution in [0.1, 0.15) is 58.1 Å². The van der Waals surface area contributed by atoms with Crippen molar-refractivity contribution in [1.82, 2.24) is 10.2 Å². The lowest BCUT2D eigenvalue weighted by atomic mass is 9.99. The van der Waals surface area contributed by atoms with Gasteiger partial charge in [-0.3, -0.25) is 0 Å². The van der Waals surface area contributed by atoms with Gasteiger partial charge in [-0.1, -0.05) is 57.0 Å². The molecule has 0 aliphatic heterocycles. The number of hydrogen-bond acceptors (Lipinski definition) is 2. The Morgan fingerprint density at radius 1 is 1.05 bits per heavy atom. The van der Waals surface area contributed by atoms with E-state index < -0.39 is 0 Å². The Hall–Kier alpha value is -0.860. The van der Waals surface area contributed by atoms with Gasteiger partial charge in [0, 0.05) is 12.1 Å². The Kier molecular flexibility index (Phi) is 8.56. The third kappa shape index (κ3) is 5.64. The monoisotopic (exact) mass is 276 g/mol. The summed E-state index contributed by atoms with van der Waals surface area (Å²) >= 11 is 0. The molecule has 2 heteroatoms. The van der Waals surface area contributed by atoms with Crippen molar-refractivity contribution in [1.29, 1.82) is 0 Å². The first-order valence-corrected chi connectivity index (χ1v) is 8.19. The molecule has 1 N–H and O–H groups in total.